The van der Waals surface area contributed by atoms with E-state index < -0.39 is 0 Å². The fourth-order valence-corrected chi connectivity index (χ4v) is 2.32. The van der Waals surface area contributed by atoms with Crippen LogP contribution in [0.1, 0.15) is 12.5 Å². The quantitative estimate of drug-likeness (QED) is 0.790. The third-order valence-electron chi connectivity index (χ3n) is 3.11. The number of hydrogen-bond acceptors (Lipinski definition) is 4. The van der Waals surface area contributed by atoms with E-state index in [1.54, 1.807) is 6.07 Å². The van der Waals surface area contributed by atoms with E-state index in [2.05, 4.69) is 4.90 Å². The smallest absolute Gasteiger partial charge is 0.125 e. The van der Waals surface area contributed by atoms with E-state index in [9.17, 15) is 4.39 Å². The van der Waals surface area contributed by atoms with Gasteiger partial charge in [0.2, 0.25) is 0 Å². The van der Waals surface area contributed by atoms with E-state index in [1.165, 1.54) is 12.1 Å². The van der Waals surface area contributed by atoms with Crippen LogP contribution in [0.3, 0.4) is 0 Å². The van der Waals surface area contributed by atoms with Crippen molar-refractivity contribution in [2.24, 2.45) is 0 Å². The average Bonchev–Trinajstić information content (AvgIpc) is 2.32. The lowest BCUT2D eigenvalue weighted by Crippen LogP contribution is -2.47. The molecular weight excluding hydrogens is 235 g/mol. The third-order valence-corrected chi connectivity index (χ3v) is 3.11. The molecular formula is C13H19FN2O2. The summed E-state index contributed by atoms with van der Waals surface area (Å²) in [5.74, 6) is -0.320. The first-order chi connectivity index (χ1) is 8.58. The number of nitrogens with two attached hydrogens (primary N) is 1. The van der Waals surface area contributed by atoms with Crippen molar-refractivity contribution in [3.05, 3.63) is 29.6 Å². The Labute approximate surface area is 106 Å². The monoisotopic (exact) mass is 254 g/mol. The summed E-state index contributed by atoms with van der Waals surface area (Å²) in [6.45, 7) is 4.09. The Morgan fingerprint density at radius 3 is 2.94 bits per heavy atom. The Kier molecular flexibility index (Phi) is 4.16. The molecule has 2 unspecified atom stereocenters. The summed E-state index contributed by atoms with van der Waals surface area (Å²) in [4.78, 5) is 2.17. The fraction of sp³-hybridized carbons (Fsp3) is 0.538. The van der Waals surface area contributed by atoms with E-state index in [-0.39, 0.29) is 24.6 Å². The zero-order valence-corrected chi connectivity index (χ0v) is 10.5. The molecule has 3 N–H and O–H groups in total. The van der Waals surface area contributed by atoms with Gasteiger partial charge in [-0.3, -0.25) is 4.90 Å². The molecule has 2 atom stereocenters. The largest absolute Gasteiger partial charge is 0.398 e. The highest BCUT2D eigenvalue weighted by Gasteiger charge is 2.24. The molecule has 1 aromatic rings. The van der Waals surface area contributed by atoms with E-state index in [1.807, 2.05) is 6.92 Å². The Morgan fingerprint density at radius 1 is 1.50 bits per heavy atom. The van der Waals surface area contributed by atoms with Crippen LogP contribution in [0.4, 0.5) is 10.1 Å². The van der Waals surface area contributed by atoms with Crippen molar-refractivity contribution >= 4 is 5.69 Å². The summed E-state index contributed by atoms with van der Waals surface area (Å²) >= 11 is 0. The van der Waals surface area contributed by atoms with Crippen LogP contribution >= 0.6 is 0 Å². The molecule has 0 saturated carbocycles. The molecule has 100 valence electrons. The van der Waals surface area contributed by atoms with E-state index >= 15 is 0 Å². The molecule has 1 aromatic carbocycles. The number of ether oxygens (including phenoxy) is 1. The molecule has 18 heavy (non-hydrogen) atoms. The van der Waals surface area contributed by atoms with E-state index in [4.69, 9.17) is 15.6 Å². The van der Waals surface area contributed by atoms with Crippen LogP contribution in [-0.2, 0) is 11.3 Å². The summed E-state index contributed by atoms with van der Waals surface area (Å²) in [5.41, 5.74) is 7.17. The zero-order chi connectivity index (χ0) is 13.1. The minimum atomic E-state index is -0.320. The van der Waals surface area contributed by atoms with Crippen molar-refractivity contribution in [3.63, 3.8) is 0 Å². The molecule has 0 aliphatic carbocycles. The van der Waals surface area contributed by atoms with Gasteiger partial charge < -0.3 is 15.6 Å². The van der Waals surface area contributed by atoms with Gasteiger partial charge in [0.15, 0.2) is 0 Å². The lowest BCUT2D eigenvalue weighted by atomic mass is 10.1. The van der Waals surface area contributed by atoms with Crippen LogP contribution < -0.4 is 5.73 Å². The Hall–Kier alpha value is -1.17. The number of rotatable bonds is 3. The molecule has 1 aliphatic heterocycles. The number of aliphatic hydroxyl groups excluding tert-OH is 1. The Balaban J connectivity index is 2.04. The minimum absolute atomic E-state index is 0.0136. The van der Waals surface area contributed by atoms with Crippen LogP contribution in [0.2, 0.25) is 0 Å². The maximum absolute atomic E-state index is 13.0. The van der Waals surface area contributed by atoms with Crippen molar-refractivity contribution < 1.29 is 14.2 Å². The number of benzene rings is 1. The van der Waals surface area contributed by atoms with Crippen LogP contribution in [0.25, 0.3) is 0 Å². The van der Waals surface area contributed by atoms with Crippen molar-refractivity contribution in [1.82, 2.24) is 4.90 Å². The van der Waals surface area contributed by atoms with E-state index in [0.29, 0.717) is 18.8 Å². The topological polar surface area (TPSA) is 58.7 Å². The Morgan fingerprint density at radius 2 is 2.28 bits per heavy atom. The molecule has 0 aromatic heterocycles. The first kappa shape index (κ1) is 13.3. The van der Waals surface area contributed by atoms with Crippen LogP contribution in [-0.4, -0.2) is 41.9 Å². The lowest BCUT2D eigenvalue weighted by Gasteiger charge is -2.36. The zero-order valence-electron chi connectivity index (χ0n) is 10.5. The molecule has 0 amide bonds. The highest BCUT2D eigenvalue weighted by atomic mass is 19.1. The van der Waals surface area contributed by atoms with Gasteiger partial charge in [-0.1, -0.05) is 6.07 Å². The number of hydrogen-bond donors (Lipinski definition) is 2. The second-order valence-electron chi connectivity index (χ2n) is 4.79. The molecule has 1 saturated heterocycles. The molecule has 4 nitrogen and oxygen atoms in total. The normalized spacial score (nSPS) is 25.3. The first-order valence-corrected chi connectivity index (χ1v) is 6.11. The summed E-state index contributed by atoms with van der Waals surface area (Å²) in [7, 11) is 0. The molecule has 5 heteroatoms. The van der Waals surface area contributed by atoms with Gasteiger partial charge in [-0.25, -0.2) is 4.39 Å². The average molecular weight is 254 g/mol. The molecule has 1 aliphatic rings. The number of anilines is 1. The summed E-state index contributed by atoms with van der Waals surface area (Å²) in [6.07, 6.45) is -0.0759. The molecule has 0 spiro atoms. The molecule has 0 bridgehead atoms. The summed E-state index contributed by atoms with van der Waals surface area (Å²) in [5, 5.41) is 9.16. The molecule has 0 radical (unpaired) electrons. The van der Waals surface area contributed by atoms with Crippen LogP contribution in [0, 0.1) is 5.82 Å². The highest BCUT2D eigenvalue weighted by Crippen LogP contribution is 2.19. The number of nitrogen functional groups attached to an aromatic ring is 1. The van der Waals surface area contributed by atoms with Crippen molar-refractivity contribution in [2.75, 3.05) is 25.4 Å². The second-order valence-corrected chi connectivity index (χ2v) is 4.79. The third kappa shape index (κ3) is 3.19. The van der Waals surface area contributed by atoms with Gasteiger partial charge in [0.1, 0.15) is 5.82 Å². The SMILES string of the molecule is CC1CN(Cc2ccc(F)cc2N)CC(CO)O1. The number of nitrogens with zero attached hydrogens (tertiary/aromatic N) is 1. The van der Waals surface area contributed by atoms with E-state index in [0.717, 1.165) is 12.1 Å². The number of aliphatic hydroxyl groups is 1. The van der Waals surface area contributed by atoms with Crippen molar-refractivity contribution in [2.45, 2.75) is 25.7 Å². The molecule has 2 rings (SSSR count). The molecule has 1 heterocycles. The van der Waals surface area contributed by atoms with Gasteiger partial charge in [-0.2, -0.15) is 0 Å². The number of morpholine rings is 1. The lowest BCUT2D eigenvalue weighted by molar-refractivity contribution is -0.0972. The Bertz CT molecular complexity index is 414. The van der Waals surface area contributed by atoms with Gasteiger partial charge in [-0.15, -0.1) is 0 Å². The van der Waals surface area contributed by atoms with Gasteiger partial charge >= 0.3 is 0 Å². The van der Waals surface area contributed by atoms with Crippen LogP contribution in [0.5, 0.6) is 0 Å². The predicted molar refractivity (Wildman–Crippen MR) is 67.5 cm³/mol. The maximum atomic E-state index is 13.0. The summed E-state index contributed by atoms with van der Waals surface area (Å²) in [6, 6.07) is 4.46. The van der Waals surface area contributed by atoms with Crippen LogP contribution in [0.15, 0.2) is 18.2 Å². The second kappa shape index (κ2) is 5.65. The van der Waals surface area contributed by atoms with Gasteiger partial charge in [0.25, 0.3) is 0 Å². The standard InChI is InChI=1S/C13H19FN2O2/c1-9-5-16(7-12(8-17)18-9)6-10-2-3-11(14)4-13(10)15/h2-4,9,12,17H,5-8,15H2,1H3. The predicted octanol–water partition coefficient (Wildman–Crippen LogP) is 0.990. The van der Waals surface area contributed by atoms with Gasteiger partial charge in [0.05, 0.1) is 18.8 Å². The van der Waals surface area contributed by atoms with Gasteiger partial charge in [0, 0.05) is 25.3 Å². The van der Waals surface area contributed by atoms with Gasteiger partial charge in [-0.05, 0) is 24.6 Å². The van der Waals surface area contributed by atoms with Crippen molar-refractivity contribution in [1.29, 1.82) is 0 Å². The highest BCUT2D eigenvalue weighted by molar-refractivity contribution is 5.46. The first-order valence-electron chi connectivity index (χ1n) is 6.11. The molecule has 1 fully saturated rings. The summed E-state index contributed by atoms with van der Waals surface area (Å²) < 4.78 is 18.5. The fourth-order valence-electron chi connectivity index (χ4n) is 2.32. The van der Waals surface area contributed by atoms with Crippen molar-refractivity contribution in [3.8, 4) is 0 Å². The maximum Gasteiger partial charge on any atom is 0.125 e. The minimum Gasteiger partial charge on any atom is -0.398 e. The number of halogens is 1.